The third-order valence-electron chi connectivity index (χ3n) is 4.18. The molecule has 1 amide bonds. The number of amides is 1. The molecule has 1 saturated carbocycles. The van der Waals surface area contributed by atoms with Gasteiger partial charge in [0.15, 0.2) is 0 Å². The van der Waals surface area contributed by atoms with Crippen LogP contribution in [0.25, 0.3) is 0 Å². The number of nitrogens with zero attached hydrogens (tertiary/aromatic N) is 2. The Hall–Kier alpha value is -2.58. The quantitative estimate of drug-likeness (QED) is 0.842. The van der Waals surface area contributed by atoms with E-state index in [-0.39, 0.29) is 11.9 Å². The van der Waals surface area contributed by atoms with Crippen LogP contribution in [-0.4, -0.2) is 26.2 Å². The number of rotatable bonds is 4. The minimum atomic E-state index is -1.03. The second-order valence-electron chi connectivity index (χ2n) is 7.07. The molecule has 0 saturated heterocycles. The van der Waals surface area contributed by atoms with Crippen molar-refractivity contribution in [3.05, 3.63) is 53.6 Å². The zero-order valence-corrected chi connectivity index (χ0v) is 14.8. The van der Waals surface area contributed by atoms with Crippen molar-refractivity contribution in [2.75, 3.05) is 0 Å². The number of aryl methyl sites for hydroxylation is 1. The first kappa shape index (κ1) is 17.2. The maximum Gasteiger partial charge on any atom is 0.251 e. The van der Waals surface area contributed by atoms with Gasteiger partial charge in [0.05, 0.1) is 6.04 Å². The summed E-state index contributed by atoms with van der Waals surface area (Å²) in [6.45, 7) is 3.27. The molecule has 0 radical (unpaired) electrons. The number of aromatic nitrogens is 2. The van der Waals surface area contributed by atoms with Crippen molar-refractivity contribution >= 4 is 5.91 Å². The Morgan fingerprint density at radius 3 is 2.56 bits per heavy atom. The Kier molecular flexibility index (Phi) is 4.65. The van der Waals surface area contributed by atoms with Gasteiger partial charge in [0.25, 0.3) is 5.91 Å². The Morgan fingerprint density at radius 2 is 2.04 bits per heavy atom. The summed E-state index contributed by atoms with van der Waals surface area (Å²) in [7, 11) is 1.94. The number of carbonyl (C=O) groups excluding carboxylic acids is 1. The van der Waals surface area contributed by atoms with Gasteiger partial charge in [-0.1, -0.05) is 11.8 Å². The van der Waals surface area contributed by atoms with Crippen molar-refractivity contribution in [3.63, 3.8) is 0 Å². The molecular formula is C20H23N3O2. The van der Waals surface area contributed by atoms with Crippen LogP contribution >= 0.6 is 0 Å². The molecule has 1 heterocycles. The van der Waals surface area contributed by atoms with Crippen molar-refractivity contribution in [2.24, 2.45) is 13.0 Å². The van der Waals surface area contributed by atoms with E-state index in [0.717, 1.165) is 24.2 Å². The molecule has 3 rings (SSSR count). The zero-order chi connectivity index (χ0) is 18.0. The summed E-state index contributed by atoms with van der Waals surface area (Å²) in [5, 5.41) is 12.8. The molecule has 1 atom stereocenters. The van der Waals surface area contributed by atoms with Gasteiger partial charge < -0.3 is 15.0 Å². The third kappa shape index (κ3) is 4.49. The lowest BCUT2D eigenvalue weighted by Crippen LogP contribution is -2.31. The Bertz CT molecular complexity index is 815. The standard InChI is InChI=1S/C20H23N3O2/c1-20(2,25)11-10-14-4-6-16(7-5-14)19(24)22-17(15-8-9-15)18-21-12-13-23(18)3/h4-7,12-13,15,17,25H,8-9H2,1-3H3,(H,22,24). The second kappa shape index (κ2) is 6.73. The average Bonchev–Trinajstić information content (AvgIpc) is 3.32. The van der Waals surface area contributed by atoms with E-state index >= 15 is 0 Å². The molecule has 1 aliphatic carbocycles. The second-order valence-corrected chi connectivity index (χ2v) is 7.07. The first-order valence-electron chi connectivity index (χ1n) is 8.47. The van der Waals surface area contributed by atoms with E-state index in [0.29, 0.717) is 11.5 Å². The van der Waals surface area contributed by atoms with Crippen LogP contribution in [0, 0.1) is 17.8 Å². The Balaban J connectivity index is 1.72. The van der Waals surface area contributed by atoms with Crippen LogP contribution in [-0.2, 0) is 7.05 Å². The molecule has 25 heavy (non-hydrogen) atoms. The summed E-state index contributed by atoms with van der Waals surface area (Å²) in [5.74, 6) is 6.91. The van der Waals surface area contributed by atoms with E-state index < -0.39 is 5.60 Å². The minimum absolute atomic E-state index is 0.0536. The van der Waals surface area contributed by atoms with Crippen molar-refractivity contribution in [1.82, 2.24) is 14.9 Å². The van der Waals surface area contributed by atoms with E-state index in [1.54, 1.807) is 44.3 Å². The number of hydrogen-bond acceptors (Lipinski definition) is 3. The molecule has 1 aliphatic rings. The van der Waals surface area contributed by atoms with Gasteiger partial charge in [0, 0.05) is 30.6 Å². The molecule has 1 fully saturated rings. The lowest BCUT2D eigenvalue weighted by molar-refractivity contribution is 0.0929. The maximum absolute atomic E-state index is 12.6. The number of benzene rings is 1. The Morgan fingerprint density at radius 1 is 1.36 bits per heavy atom. The highest BCUT2D eigenvalue weighted by Crippen LogP contribution is 2.40. The van der Waals surface area contributed by atoms with E-state index in [1.165, 1.54) is 0 Å². The summed E-state index contributed by atoms with van der Waals surface area (Å²) in [6.07, 6.45) is 5.88. The van der Waals surface area contributed by atoms with E-state index in [2.05, 4.69) is 22.1 Å². The average molecular weight is 337 g/mol. The fraction of sp³-hybridized carbons (Fsp3) is 0.400. The van der Waals surface area contributed by atoms with Gasteiger partial charge in [-0.2, -0.15) is 0 Å². The number of aliphatic hydroxyl groups is 1. The SMILES string of the molecule is Cn1ccnc1C(NC(=O)c1ccc(C#CC(C)(C)O)cc1)C1CC1. The van der Waals surface area contributed by atoms with Gasteiger partial charge in [0.2, 0.25) is 0 Å². The summed E-state index contributed by atoms with van der Waals surface area (Å²) in [4.78, 5) is 17.0. The van der Waals surface area contributed by atoms with Gasteiger partial charge >= 0.3 is 0 Å². The van der Waals surface area contributed by atoms with Crippen LogP contribution < -0.4 is 5.32 Å². The topological polar surface area (TPSA) is 67.2 Å². The van der Waals surface area contributed by atoms with Crippen LogP contribution in [0.15, 0.2) is 36.7 Å². The molecule has 2 N–H and O–H groups in total. The molecule has 130 valence electrons. The number of hydrogen-bond donors (Lipinski definition) is 2. The van der Waals surface area contributed by atoms with Gasteiger partial charge in [-0.3, -0.25) is 4.79 Å². The normalized spacial score (nSPS) is 15.2. The monoisotopic (exact) mass is 337 g/mol. The molecule has 1 unspecified atom stereocenters. The van der Waals surface area contributed by atoms with Gasteiger partial charge in [-0.05, 0) is 56.9 Å². The molecule has 0 spiro atoms. The van der Waals surface area contributed by atoms with E-state index in [9.17, 15) is 9.90 Å². The molecule has 1 aromatic heterocycles. The molecule has 0 bridgehead atoms. The molecular weight excluding hydrogens is 314 g/mol. The minimum Gasteiger partial charge on any atom is -0.378 e. The van der Waals surface area contributed by atoms with E-state index in [4.69, 9.17) is 0 Å². The number of nitrogens with one attached hydrogen (secondary N) is 1. The molecule has 5 heteroatoms. The highest BCUT2D eigenvalue weighted by molar-refractivity contribution is 5.94. The lowest BCUT2D eigenvalue weighted by Gasteiger charge is -2.18. The fourth-order valence-electron chi connectivity index (χ4n) is 2.65. The van der Waals surface area contributed by atoms with Crippen LogP contribution in [0.3, 0.4) is 0 Å². The van der Waals surface area contributed by atoms with Crippen LogP contribution in [0.2, 0.25) is 0 Å². The van der Waals surface area contributed by atoms with Crippen molar-refractivity contribution in [1.29, 1.82) is 0 Å². The van der Waals surface area contributed by atoms with Gasteiger partial charge in [0.1, 0.15) is 11.4 Å². The molecule has 5 nitrogen and oxygen atoms in total. The number of imidazole rings is 1. The van der Waals surface area contributed by atoms with Crippen LogP contribution in [0.5, 0.6) is 0 Å². The van der Waals surface area contributed by atoms with E-state index in [1.807, 2.05) is 17.8 Å². The zero-order valence-electron chi connectivity index (χ0n) is 14.8. The summed E-state index contributed by atoms with van der Waals surface area (Å²) in [5.41, 5.74) is 0.325. The Labute approximate surface area is 148 Å². The predicted molar refractivity (Wildman–Crippen MR) is 95.8 cm³/mol. The molecule has 1 aromatic carbocycles. The van der Waals surface area contributed by atoms with Crippen molar-refractivity contribution in [3.8, 4) is 11.8 Å². The fourth-order valence-corrected chi connectivity index (χ4v) is 2.65. The number of carbonyl (C=O) groups is 1. The van der Waals surface area contributed by atoms with Crippen molar-refractivity contribution in [2.45, 2.75) is 38.3 Å². The van der Waals surface area contributed by atoms with Crippen molar-refractivity contribution < 1.29 is 9.90 Å². The summed E-state index contributed by atoms with van der Waals surface area (Å²) < 4.78 is 1.96. The molecule has 2 aromatic rings. The highest BCUT2D eigenvalue weighted by Gasteiger charge is 2.35. The van der Waals surface area contributed by atoms with Gasteiger partial charge in [-0.25, -0.2) is 4.98 Å². The smallest absolute Gasteiger partial charge is 0.251 e. The third-order valence-corrected chi connectivity index (χ3v) is 4.18. The highest BCUT2D eigenvalue weighted by atomic mass is 16.3. The first-order valence-corrected chi connectivity index (χ1v) is 8.47. The first-order chi connectivity index (χ1) is 11.8. The largest absolute Gasteiger partial charge is 0.378 e. The summed E-state index contributed by atoms with van der Waals surface area (Å²) >= 11 is 0. The predicted octanol–water partition coefficient (Wildman–Crippen LogP) is 2.42. The van der Waals surface area contributed by atoms with Crippen LogP contribution in [0.4, 0.5) is 0 Å². The molecule has 0 aliphatic heterocycles. The summed E-state index contributed by atoms with van der Waals surface area (Å²) in [6, 6.07) is 7.04. The lowest BCUT2D eigenvalue weighted by atomic mass is 10.1. The maximum atomic E-state index is 12.6. The van der Waals surface area contributed by atoms with Crippen LogP contribution in [0.1, 0.15) is 54.5 Å². The van der Waals surface area contributed by atoms with Gasteiger partial charge in [-0.15, -0.1) is 0 Å².